The molecule has 0 fully saturated rings. The summed E-state index contributed by atoms with van der Waals surface area (Å²) in [6.07, 6.45) is 8.38. The van der Waals surface area contributed by atoms with Gasteiger partial charge in [-0.25, -0.2) is 9.59 Å². The van der Waals surface area contributed by atoms with Crippen LogP contribution in [-0.2, 0) is 9.47 Å². The second-order valence-electron chi connectivity index (χ2n) is 14.8. The number of carbonyl (C=O) groups excluding carboxylic acids is 4. The van der Waals surface area contributed by atoms with Crippen molar-refractivity contribution in [2.45, 2.75) is 79.1 Å². The van der Waals surface area contributed by atoms with Gasteiger partial charge in [0.2, 0.25) is 17.8 Å². The van der Waals surface area contributed by atoms with Gasteiger partial charge in [-0.2, -0.15) is 15.0 Å². The van der Waals surface area contributed by atoms with Gasteiger partial charge in [-0.05, 0) is 115 Å². The minimum Gasteiger partial charge on any atom is -0.664 e. The van der Waals surface area contributed by atoms with Crippen LogP contribution in [0, 0.1) is 11.8 Å². The fourth-order valence-corrected chi connectivity index (χ4v) is 6.27. The van der Waals surface area contributed by atoms with E-state index in [2.05, 4.69) is 63.9 Å². The van der Waals surface area contributed by atoms with Crippen LogP contribution in [0.4, 0.5) is 40.6 Å². The molecule has 1 heterocycles. The van der Waals surface area contributed by atoms with Crippen molar-refractivity contribution in [1.29, 1.82) is 0 Å². The van der Waals surface area contributed by atoms with Crippen LogP contribution in [0.15, 0.2) is 97.1 Å². The minimum atomic E-state index is -0.796. The van der Waals surface area contributed by atoms with Gasteiger partial charge in [0.05, 0.1) is 30.2 Å². The molecule has 0 aliphatic carbocycles. The van der Waals surface area contributed by atoms with Crippen molar-refractivity contribution in [2.75, 3.05) is 34.5 Å². The van der Waals surface area contributed by atoms with E-state index in [4.69, 9.17) is 15.2 Å². The fraction of sp³-hybridized carbons (Fsp3) is 0.340. The van der Waals surface area contributed by atoms with E-state index in [1.807, 2.05) is 0 Å². The maximum atomic E-state index is 13.1. The summed E-state index contributed by atoms with van der Waals surface area (Å²) >= 11 is 0. The van der Waals surface area contributed by atoms with Gasteiger partial charge in [0.15, 0.2) is 0 Å². The molecule has 0 spiro atoms. The molecule has 0 aliphatic heterocycles. The van der Waals surface area contributed by atoms with Crippen LogP contribution < -0.4 is 21.3 Å². The van der Waals surface area contributed by atoms with E-state index in [-0.39, 0.29) is 41.3 Å². The number of amides is 2. The summed E-state index contributed by atoms with van der Waals surface area (Å²) in [4.78, 5) is 63.6. The monoisotopic (exact) mass is 827 g/mol. The van der Waals surface area contributed by atoms with Gasteiger partial charge >= 0.3 is 11.9 Å². The molecule has 5 rings (SSSR count). The number of benzene rings is 4. The Labute approximate surface area is 357 Å². The lowest BCUT2D eigenvalue weighted by atomic mass is 10.0. The van der Waals surface area contributed by atoms with Gasteiger partial charge < -0.3 is 41.3 Å². The number of anilines is 7. The maximum absolute atomic E-state index is 13.1. The lowest BCUT2D eigenvalue weighted by Crippen LogP contribution is -2.14. The molecule has 2 unspecified atom stereocenters. The van der Waals surface area contributed by atoms with Crippen molar-refractivity contribution in [3.8, 4) is 0 Å². The van der Waals surface area contributed by atoms with E-state index in [0.29, 0.717) is 64.5 Å². The van der Waals surface area contributed by atoms with Gasteiger partial charge in [-0.15, -0.1) is 0 Å². The van der Waals surface area contributed by atoms with E-state index < -0.39 is 5.91 Å². The van der Waals surface area contributed by atoms with E-state index in [0.717, 1.165) is 51.4 Å². The molecule has 0 bridgehead atoms. The smallest absolute Gasteiger partial charge is 0.338 e. The number of unbranched alkanes of at least 4 members (excludes halogenated alkanes) is 2. The molecule has 61 heavy (non-hydrogen) atoms. The van der Waals surface area contributed by atoms with E-state index in [1.165, 1.54) is 12.1 Å². The van der Waals surface area contributed by atoms with Gasteiger partial charge in [-0.1, -0.05) is 78.4 Å². The molecule has 4 aromatic carbocycles. The SMILES string of the molecule is CCCCC(CC)COC(=O)c1ccc(NC(=O)c2ccc(Nc3nc(Nc4ccc(C([NH-])=O)cc4)nc(Nc4ccc(C(=O)OCC(CC)CCCC)cc4)n3)cc2)cc1. The third-order valence-electron chi connectivity index (χ3n) is 10.2. The molecule has 0 saturated heterocycles. The number of nitrogens with one attached hydrogen (secondary N) is 5. The molecule has 320 valence electrons. The highest BCUT2D eigenvalue weighted by Gasteiger charge is 2.15. The van der Waals surface area contributed by atoms with Crippen LogP contribution in [0.3, 0.4) is 0 Å². The number of hydrogen-bond acceptors (Lipinski definition) is 12. The third kappa shape index (κ3) is 14.2. The molecule has 5 aromatic rings. The van der Waals surface area contributed by atoms with E-state index >= 15 is 0 Å². The number of nitrogens with zero attached hydrogens (tertiary/aromatic N) is 3. The summed E-state index contributed by atoms with van der Waals surface area (Å²) in [7, 11) is 0. The molecule has 0 aliphatic rings. The Bertz CT molecular complexity index is 2200. The highest BCUT2D eigenvalue weighted by molar-refractivity contribution is 6.04. The Morgan fingerprint density at radius 2 is 0.852 bits per heavy atom. The van der Waals surface area contributed by atoms with E-state index in [1.54, 1.807) is 84.9 Å². The third-order valence-corrected chi connectivity index (χ3v) is 10.2. The molecular weight excluding hydrogens is 773 g/mol. The lowest BCUT2D eigenvalue weighted by Gasteiger charge is -2.15. The van der Waals surface area contributed by atoms with Crippen molar-refractivity contribution >= 4 is 64.3 Å². The summed E-state index contributed by atoms with van der Waals surface area (Å²) in [5.41, 5.74) is 11.1. The summed E-state index contributed by atoms with van der Waals surface area (Å²) in [6.45, 7) is 9.28. The van der Waals surface area contributed by atoms with Crippen molar-refractivity contribution in [2.24, 2.45) is 11.8 Å². The molecule has 14 nitrogen and oxygen atoms in total. The highest BCUT2D eigenvalue weighted by atomic mass is 16.5. The van der Waals surface area contributed by atoms with E-state index in [9.17, 15) is 19.2 Å². The number of esters is 2. The van der Waals surface area contributed by atoms with Crippen LogP contribution in [0.2, 0.25) is 0 Å². The Balaban J connectivity index is 1.24. The van der Waals surface area contributed by atoms with Crippen molar-refractivity contribution in [3.05, 3.63) is 125 Å². The molecule has 1 aromatic heterocycles. The molecular formula is C47H55N8O6-. The fourth-order valence-electron chi connectivity index (χ4n) is 6.27. The van der Waals surface area contributed by atoms with Crippen molar-refractivity contribution in [1.82, 2.24) is 15.0 Å². The molecule has 2 amide bonds. The predicted molar refractivity (Wildman–Crippen MR) is 239 cm³/mol. The maximum Gasteiger partial charge on any atom is 0.338 e. The van der Waals surface area contributed by atoms with Gasteiger partial charge in [0, 0.05) is 28.3 Å². The summed E-state index contributed by atoms with van der Waals surface area (Å²) < 4.78 is 11.2. The van der Waals surface area contributed by atoms with Crippen LogP contribution in [0.25, 0.3) is 5.73 Å². The normalized spacial score (nSPS) is 11.8. The topological polar surface area (TPSA) is 197 Å². The van der Waals surface area contributed by atoms with Crippen LogP contribution in [0.5, 0.6) is 0 Å². The Hall–Kier alpha value is -6.83. The first-order chi connectivity index (χ1) is 29.6. The number of rotatable bonds is 23. The molecule has 5 N–H and O–H groups in total. The standard InChI is InChI=1S/C47H56N8O6/c1-5-9-11-31(7-3)29-60-43(58)35-17-25-37(26-18-35)49-42(57)34-15-23-39(24-16-34)51-46-53-45(50-38-21-13-33(14-22-38)41(48)56)54-47(55-46)52-40-27-19-36(20-28-40)44(59)61-30-32(8-4)12-10-6-2/h13-28,31-32H,5-12,29-30H2,1-4H3,(H6,48,49,50,51,52,53,54,55,56,57,58,59)/p-1. The first-order valence-electron chi connectivity index (χ1n) is 21.0. The molecule has 0 saturated carbocycles. The van der Waals surface area contributed by atoms with Gasteiger partial charge in [0.25, 0.3) is 5.91 Å². The van der Waals surface area contributed by atoms with Crippen LogP contribution in [-0.4, -0.2) is 51.9 Å². The highest BCUT2D eigenvalue weighted by Crippen LogP contribution is 2.24. The van der Waals surface area contributed by atoms with Crippen LogP contribution in [0.1, 0.15) is 120 Å². The zero-order chi connectivity index (χ0) is 43.6. The second-order valence-corrected chi connectivity index (χ2v) is 14.8. The first kappa shape index (κ1) is 45.3. The number of aromatic nitrogens is 3. The van der Waals surface area contributed by atoms with Gasteiger partial charge in [0.1, 0.15) is 0 Å². The predicted octanol–water partition coefficient (Wildman–Crippen LogP) is 11.3. The van der Waals surface area contributed by atoms with Gasteiger partial charge in [-0.3, -0.25) is 4.79 Å². The largest absolute Gasteiger partial charge is 0.664 e. The quantitative estimate of drug-likeness (QED) is 0.0455. The Kier molecular flexibility index (Phi) is 17.1. The Morgan fingerprint density at radius 1 is 0.508 bits per heavy atom. The zero-order valence-electron chi connectivity index (χ0n) is 35.3. The summed E-state index contributed by atoms with van der Waals surface area (Å²) in [5.74, 6) is -0.690. The number of carbonyl (C=O) groups is 4. The van der Waals surface area contributed by atoms with Crippen molar-refractivity contribution in [3.63, 3.8) is 0 Å². The summed E-state index contributed by atoms with van der Waals surface area (Å²) in [5, 5.41) is 12.3. The molecule has 0 radical (unpaired) electrons. The zero-order valence-corrected chi connectivity index (χ0v) is 35.3. The molecule has 2 atom stereocenters. The average Bonchev–Trinajstić information content (AvgIpc) is 3.27. The number of ether oxygens (including phenoxy) is 2. The number of hydrogen-bond donors (Lipinski definition) is 4. The first-order valence-corrected chi connectivity index (χ1v) is 21.0. The van der Waals surface area contributed by atoms with Crippen LogP contribution >= 0.6 is 0 Å². The minimum absolute atomic E-state index is 0.172. The lowest BCUT2D eigenvalue weighted by molar-refractivity contribution is 0.0419. The summed E-state index contributed by atoms with van der Waals surface area (Å²) in [6, 6.07) is 26.5. The second kappa shape index (κ2) is 23.1. The Morgan fingerprint density at radius 3 is 1.20 bits per heavy atom. The molecule has 14 heteroatoms. The average molecular weight is 828 g/mol. The van der Waals surface area contributed by atoms with Crippen molar-refractivity contribution < 1.29 is 28.7 Å².